The monoisotopic (exact) mass is 353 g/mol. The minimum absolute atomic E-state index is 0.317. The number of rotatable bonds is 3. The molecule has 2 aromatic rings. The molecule has 0 bridgehead atoms. The van der Waals surface area contributed by atoms with Crippen LogP contribution in [0.15, 0.2) is 36.4 Å². The fraction of sp³-hybridized carbons (Fsp3) is 0.188. The van der Waals surface area contributed by atoms with Crippen LogP contribution in [0.25, 0.3) is 0 Å². The first-order valence-corrected chi connectivity index (χ1v) is 7.63. The third-order valence-electron chi connectivity index (χ3n) is 3.26. The minimum Gasteiger partial charge on any atom is -0.486 e. The second-order valence-corrected chi connectivity index (χ2v) is 5.83. The predicted molar refractivity (Wildman–Crippen MR) is 87.5 cm³/mol. The van der Waals surface area contributed by atoms with Gasteiger partial charge in [0, 0.05) is 21.8 Å². The molecular formula is C16H13Cl2NO4. The van der Waals surface area contributed by atoms with E-state index in [1.807, 2.05) is 0 Å². The maximum atomic E-state index is 12.2. The maximum Gasteiger partial charge on any atom is 0.257 e. The average Bonchev–Trinajstić information content (AvgIpc) is 2.53. The standard InChI is InChI=1S/C16H13Cl2NO4/c17-10-5-9(6-11(18)7-10)15(20)16(21)19-12-1-2-13-14(8-12)23-4-3-22-13/h1-2,5-8,15,20H,3-4H2,(H,19,21). The van der Waals surface area contributed by atoms with Crippen molar-refractivity contribution >= 4 is 34.8 Å². The van der Waals surface area contributed by atoms with Gasteiger partial charge in [0.15, 0.2) is 17.6 Å². The van der Waals surface area contributed by atoms with Gasteiger partial charge in [-0.2, -0.15) is 0 Å². The molecule has 3 rings (SSSR count). The van der Waals surface area contributed by atoms with E-state index in [-0.39, 0.29) is 0 Å². The van der Waals surface area contributed by atoms with Gasteiger partial charge in [-0.3, -0.25) is 4.79 Å². The van der Waals surface area contributed by atoms with Gasteiger partial charge in [0.25, 0.3) is 5.91 Å². The Kier molecular flexibility index (Phi) is 4.61. The number of ether oxygens (including phenoxy) is 2. The van der Waals surface area contributed by atoms with Gasteiger partial charge in [0.1, 0.15) is 13.2 Å². The molecule has 1 atom stereocenters. The number of nitrogens with one attached hydrogen (secondary N) is 1. The van der Waals surface area contributed by atoms with Gasteiger partial charge < -0.3 is 19.9 Å². The Morgan fingerprint density at radius 1 is 1.04 bits per heavy atom. The third-order valence-corrected chi connectivity index (χ3v) is 3.70. The van der Waals surface area contributed by atoms with Crippen LogP contribution >= 0.6 is 23.2 Å². The summed E-state index contributed by atoms with van der Waals surface area (Å²) < 4.78 is 10.9. The van der Waals surface area contributed by atoms with Crippen molar-refractivity contribution in [2.24, 2.45) is 0 Å². The van der Waals surface area contributed by atoms with Crippen LogP contribution in [0.2, 0.25) is 10.0 Å². The fourth-order valence-electron chi connectivity index (χ4n) is 2.22. The molecule has 120 valence electrons. The molecular weight excluding hydrogens is 341 g/mol. The molecule has 1 amide bonds. The molecule has 0 aliphatic carbocycles. The largest absolute Gasteiger partial charge is 0.486 e. The van der Waals surface area contributed by atoms with E-state index in [2.05, 4.69) is 5.32 Å². The molecule has 0 spiro atoms. The van der Waals surface area contributed by atoms with Crippen molar-refractivity contribution in [2.75, 3.05) is 18.5 Å². The summed E-state index contributed by atoms with van der Waals surface area (Å²) in [4.78, 5) is 12.2. The van der Waals surface area contributed by atoms with Gasteiger partial charge in [0.05, 0.1) is 0 Å². The van der Waals surface area contributed by atoms with Crippen LogP contribution < -0.4 is 14.8 Å². The summed E-state index contributed by atoms with van der Waals surface area (Å²) in [6.07, 6.45) is -1.39. The molecule has 1 aliphatic heterocycles. The Morgan fingerprint density at radius 2 is 1.70 bits per heavy atom. The van der Waals surface area contributed by atoms with Crippen LogP contribution in [0.5, 0.6) is 11.5 Å². The Hall–Kier alpha value is -1.95. The highest BCUT2D eigenvalue weighted by Gasteiger charge is 2.20. The number of amides is 1. The van der Waals surface area contributed by atoms with E-state index in [9.17, 15) is 9.90 Å². The number of benzene rings is 2. The highest BCUT2D eigenvalue weighted by atomic mass is 35.5. The van der Waals surface area contributed by atoms with Gasteiger partial charge in [-0.1, -0.05) is 23.2 Å². The number of aliphatic hydroxyl groups excluding tert-OH is 1. The SMILES string of the molecule is O=C(Nc1ccc2c(c1)OCCO2)C(O)c1cc(Cl)cc(Cl)c1. The minimum atomic E-state index is -1.39. The number of fused-ring (bicyclic) bond motifs is 1. The highest BCUT2D eigenvalue weighted by molar-refractivity contribution is 6.34. The zero-order valence-electron chi connectivity index (χ0n) is 11.9. The first-order chi connectivity index (χ1) is 11.0. The molecule has 0 saturated carbocycles. The van der Waals surface area contributed by atoms with E-state index in [0.717, 1.165) is 0 Å². The van der Waals surface area contributed by atoms with Crippen molar-refractivity contribution < 1.29 is 19.4 Å². The predicted octanol–water partition coefficient (Wildman–Crippen LogP) is 3.44. The van der Waals surface area contributed by atoms with Gasteiger partial charge in [0.2, 0.25) is 0 Å². The smallest absolute Gasteiger partial charge is 0.257 e. The van der Waals surface area contributed by atoms with Crippen molar-refractivity contribution in [1.82, 2.24) is 0 Å². The number of anilines is 1. The summed E-state index contributed by atoms with van der Waals surface area (Å²) in [6.45, 7) is 0.945. The Morgan fingerprint density at radius 3 is 2.39 bits per heavy atom. The summed E-state index contributed by atoms with van der Waals surface area (Å²) in [5.41, 5.74) is 0.809. The molecule has 0 saturated heterocycles. The first kappa shape index (κ1) is 15.9. The molecule has 1 heterocycles. The molecule has 5 nitrogen and oxygen atoms in total. The molecule has 0 fully saturated rings. The molecule has 2 aromatic carbocycles. The number of carbonyl (C=O) groups is 1. The normalized spacial score (nSPS) is 14.2. The maximum absolute atomic E-state index is 12.2. The molecule has 7 heteroatoms. The van der Waals surface area contributed by atoms with E-state index < -0.39 is 12.0 Å². The van der Waals surface area contributed by atoms with Crippen molar-refractivity contribution in [3.05, 3.63) is 52.0 Å². The van der Waals surface area contributed by atoms with E-state index in [0.29, 0.717) is 46.0 Å². The lowest BCUT2D eigenvalue weighted by Crippen LogP contribution is -2.21. The number of hydrogen-bond acceptors (Lipinski definition) is 4. The molecule has 2 N–H and O–H groups in total. The molecule has 0 aromatic heterocycles. The van der Waals surface area contributed by atoms with Crippen molar-refractivity contribution in [2.45, 2.75) is 6.10 Å². The van der Waals surface area contributed by atoms with Crippen molar-refractivity contribution in [3.63, 3.8) is 0 Å². The number of carbonyl (C=O) groups excluding carboxylic acids is 1. The fourth-order valence-corrected chi connectivity index (χ4v) is 2.76. The van der Waals surface area contributed by atoms with Crippen LogP contribution in [-0.2, 0) is 4.79 Å². The topological polar surface area (TPSA) is 67.8 Å². The van der Waals surface area contributed by atoms with Crippen LogP contribution in [0.1, 0.15) is 11.7 Å². The summed E-state index contributed by atoms with van der Waals surface area (Å²) in [5, 5.41) is 13.5. The highest BCUT2D eigenvalue weighted by Crippen LogP contribution is 2.33. The van der Waals surface area contributed by atoms with Crippen molar-refractivity contribution in [3.8, 4) is 11.5 Å². The Bertz CT molecular complexity index is 731. The molecule has 0 radical (unpaired) electrons. The van der Waals surface area contributed by atoms with E-state index in [1.54, 1.807) is 18.2 Å². The summed E-state index contributed by atoms with van der Waals surface area (Å²) in [7, 11) is 0. The lowest BCUT2D eigenvalue weighted by atomic mass is 10.1. The molecule has 23 heavy (non-hydrogen) atoms. The van der Waals surface area contributed by atoms with E-state index >= 15 is 0 Å². The lowest BCUT2D eigenvalue weighted by molar-refractivity contribution is -0.124. The zero-order valence-corrected chi connectivity index (χ0v) is 13.4. The summed E-state index contributed by atoms with van der Waals surface area (Å²) in [6, 6.07) is 9.51. The van der Waals surface area contributed by atoms with Crippen LogP contribution in [-0.4, -0.2) is 24.2 Å². The number of aliphatic hydroxyl groups is 1. The van der Waals surface area contributed by atoms with E-state index in [1.165, 1.54) is 18.2 Å². The van der Waals surface area contributed by atoms with Crippen LogP contribution in [0, 0.1) is 0 Å². The van der Waals surface area contributed by atoms with Gasteiger partial charge in [-0.15, -0.1) is 0 Å². The molecule has 1 unspecified atom stereocenters. The zero-order chi connectivity index (χ0) is 16.4. The van der Waals surface area contributed by atoms with Gasteiger partial charge in [-0.05, 0) is 35.9 Å². The van der Waals surface area contributed by atoms with E-state index in [4.69, 9.17) is 32.7 Å². The second-order valence-electron chi connectivity index (χ2n) is 4.95. The quantitative estimate of drug-likeness (QED) is 0.886. The van der Waals surface area contributed by atoms with Crippen molar-refractivity contribution in [1.29, 1.82) is 0 Å². The first-order valence-electron chi connectivity index (χ1n) is 6.87. The number of hydrogen-bond donors (Lipinski definition) is 2. The lowest BCUT2D eigenvalue weighted by Gasteiger charge is -2.19. The molecule has 1 aliphatic rings. The summed E-state index contributed by atoms with van der Waals surface area (Å²) in [5.74, 6) is 0.575. The third kappa shape index (κ3) is 3.69. The average molecular weight is 354 g/mol. The van der Waals surface area contributed by atoms with Crippen LogP contribution in [0.4, 0.5) is 5.69 Å². The Balaban J connectivity index is 1.75. The summed E-state index contributed by atoms with van der Waals surface area (Å²) >= 11 is 11.8. The van der Waals surface area contributed by atoms with Gasteiger partial charge in [-0.25, -0.2) is 0 Å². The second kappa shape index (κ2) is 6.66. The number of halogens is 2. The van der Waals surface area contributed by atoms with Crippen LogP contribution in [0.3, 0.4) is 0 Å². The van der Waals surface area contributed by atoms with Gasteiger partial charge >= 0.3 is 0 Å². The Labute approximate surface area is 142 Å².